The second kappa shape index (κ2) is 3.69. The van der Waals surface area contributed by atoms with E-state index in [0.717, 1.165) is 0 Å². The Balaban J connectivity index is 3.29. The summed E-state index contributed by atoms with van der Waals surface area (Å²) in [5.41, 5.74) is -0.939. The van der Waals surface area contributed by atoms with Crippen molar-refractivity contribution < 1.29 is 27.8 Å². The monoisotopic (exact) mass is 221 g/mol. The zero-order valence-corrected chi connectivity index (χ0v) is 7.59. The van der Waals surface area contributed by atoms with Gasteiger partial charge in [-0.1, -0.05) is 0 Å². The van der Waals surface area contributed by atoms with Crippen molar-refractivity contribution in [1.82, 2.24) is 0 Å². The van der Waals surface area contributed by atoms with Gasteiger partial charge >= 0.3 is 0 Å². The summed E-state index contributed by atoms with van der Waals surface area (Å²) in [5, 5.41) is 17.9. The zero-order chi connectivity index (χ0) is 10.9. The molecule has 75 valence electrons. The van der Waals surface area contributed by atoms with Crippen LogP contribution in [0.25, 0.3) is 0 Å². The minimum Gasteiger partial charge on any atom is -0.367 e. The van der Waals surface area contributed by atoms with Crippen LogP contribution in [0.2, 0.25) is 0 Å². The van der Waals surface area contributed by atoms with Crippen LogP contribution >= 0.6 is 0 Å². The summed E-state index contributed by atoms with van der Waals surface area (Å²) in [7, 11) is 2.25. The van der Waals surface area contributed by atoms with Gasteiger partial charge in [0.15, 0.2) is 11.6 Å². The standard InChI is InChI=1S/C7H4F3O3Si/c8-4-2-6(10)5(9)1-3(4)7(11,12)13-14/h1-2,11-12H. The molecule has 3 nitrogen and oxygen atoms in total. The molecule has 0 saturated heterocycles. The SMILES string of the molecule is OC(O)(O[Si])c1cc(F)c(F)cc1F. The van der Waals surface area contributed by atoms with Crippen molar-refractivity contribution >= 4 is 10.5 Å². The number of benzene rings is 1. The molecule has 3 radical (unpaired) electrons. The number of aliphatic hydroxyl groups is 2. The topological polar surface area (TPSA) is 49.7 Å². The second-order valence-electron chi connectivity index (χ2n) is 2.46. The average Bonchev–Trinajstić information content (AvgIpc) is 2.11. The molecule has 7 heteroatoms. The van der Waals surface area contributed by atoms with Crippen LogP contribution in [-0.4, -0.2) is 20.7 Å². The lowest BCUT2D eigenvalue weighted by molar-refractivity contribution is -0.305. The highest BCUT2D eigenvalue weighted by molar-refractivity contribution is 5.98. The molecule has 0 aliphatic rings. The highest BCUT2D eigenvalue weighted by Crippen LogP contribution is 2.23. The van der Waals surface area contributed by atoms with E-state index in [4.69, 9.17) is 10.2 Å². The third-order valence-electron chi connectivity index (χ3n) is 1.50. The second-order valence-corrected chi connectivity index (χ2v) is 2.66. The average molecular weight is 221 g/mol. The highest BCUT2D eigenvalue weighted by atomic mass is 28.2. The van der Waals surface area contributed by atoms with Gasteiger partial charge in [-0.3, -0.25) is 0 Å². The van der Waals surface area contributed by atoms with Gasteiger partial charge in [0, 0.05) is 6.07 Å². The predicted octanol–water partition coefficient (Wildman–Crippen LogP) is 0.299. The number of rotatable bonds is 2. The van der Waals surface area contributed by atoms with Crippen molar-refractivity contribution in [3.8, 4) is 0 Å². The minimum absolute atomic E-state index is 0.178. The predicted molar refractivity (Wildman–Crippen MR) is 39.3 cm³/mol. The van der Waals surface area contributed by atoms with E-state index in [1.54, 1.807) is 0 Å². The van der Waals surface area contributed by atoms with E-state index in [1.165, 1.54) is 0 Å². The molecule has 0 aliphatic carbocycles. The molecule has 0 atom stereocenters. The number of hydrogen-bond donors (Lipinski definition) is 2. The van der Waals surface area contributed by atoms with E-state index < -0.39 is 29.0 Å². The summed E-state index contributed by atoms with van der Waals surface area (Å²) in [5.74, 6) is -7.25. The molecule has 0 amide bonds. The fourth-order valence-corrected chi connectivity index (χ4v) is 0.937. The molecule has 14 heavy (non-hydrogen) atoms. The molecule has 0 aliphatic heterocycles. The Morgan fingerprint density at radius 2 is 1.57 bits per heavy atom. The Bertz CT molecular complexity index is 356. The maximum atomic E-state index is 12.9. The van der Waals surface area contributed by atoms with Gasteiger partial charge in [-0.2, -0.15) is 0 Å². The molecule has 0 spiro atoms. The van der Waals surface area contributed by atoms with E-state index in [-0.39, 0.29) is 12.1 Å². The lowest BCUT2D eigenvalue weighted by Crippen LogP contribution is -2.29. The van der Waals surface area contributed by atoms with Crippen LogP contribution in [0.15, 0.2) is 12.1 Å². The number of halogens is 3. The van der Waals surface area contributed by atoms with E-state index in [1.807, 2.05) is 0 Å². The first-order valence-corrected chi connectivity index (χ1v) is 3.74. The van der Waals surface area contributed by atoms with E-state index in [9.17, 15) is 13.2 Å². The van der Waals surface area contributed by atoms with Crippen LogP contribution in [0.1, 0.15) is 5.56 Å². The van der Waals surface area contributed by atoms with Crippen molar-refractivity contribution in [1.29, 1.82) is 0 Å². The molecular weight excluding hydrogens is 217 g/mol. The van der Waals surface area contributed by atoms with Gasteiger partial charge in [0.05, 0.1) is 5.56 Å². The van der Waals surface area contributed by atoms with Crippen LogP contribution in [0.4, 0.5) is 13.2 Å². The maximum absolute atomic E-state index is 12.9. The van der Waals surface area contributed by atoms with Crippen molar-refractivity contribution in [3.05, 3.63) is 35.1 Å². The molecule has 0 unspecified atom stereocenters. The summed E-state index contributed by atoms with van der Waals surface area (Å²) < 4.78 is 41.8. The Kier molecular flexibility index (Phi) is 2.95. The largest absolute Gasteiger partial charge is 0.367 e. The third-order valence-corrected chi connectivity index (χ3v) is 1.79. The van der Waals surface area contributed by atoms with Gasteiger partial charge in [0.25, 0.3) is 16.5 Å². The van der Waals surface area contributed by atoms with Crippen LogP contribution in [0, 0.1) is 17.5 Å². The summed E-state index contributed by atoms with van der Waals surface area (Å²) >= 11 is 0. The minimum atomic E-state index is -3.06. The first-order chi connectivity index (χ1) is 6.38. The molecule has 1 aromatic rings. The van der Waals surface area contributed by atoms with Gasteiger partial charge in [0.1, 0.15) is 5.82 Å². The van der Waals surface area contributed by atoms with Crippen LogP contribution < -0.4 is 0 Å². The van der Waals surface area contributed by atoms with Crippen LogP contribution in [0.5, 0.6) is 0 Å². The molecule has 1 rings (SSSR count). The Morgan fingerprint density at radius 1 is 1.07 bits per heavy atom. The molecule has 0 heterocycles. The van der Waals surface area contributed by atoms with Gasteiger partial charge in [-0.15, -0.1) is 0 Å². The van der Waals surface area contributed by atoms with Crippen molar-refractivity contribution in [2.24, 2.45) is 0 Å². The summed E-state index contributed by atoms with van der Waals surface area (Å²) in [6, 6.07) is 0.460. The Labute approximate surface area is 80.3 Å². The Hall–Kier alpha value is -0.893. The summed E-state index contributed by atoms with van der Waals surface area (Å²) in [6.45, 7) is 0. The van der Waals surface area contributed by atoms with Crippen molar-refractivity contribution in [3.63, 3.8) is 0 Å². The van der Waals surface area contributed by atoms with E-state index in [0.29, 0.717) is 0 Å². The normalized spacial score (nSPS) is 11.9. The molecule has 0 aromatic heterocycles. The van der Waals surface area contributed by atoms with Crippen molar-refractivity contribution in [2.75, 3.05) is 0 Å². The Morgan fingerprint density at radius 3 is 2.07 bits per heavy atom. The lowest BCUT2D eigenvalue weighted by atomic mass is 10.1. The smallest absolute Gasteiger partial charge is 0.299 e. The molecule has 0 fully saturated rings. The van der Waals surface area contributed by atoms with E-state index >= 15 is 0 Å². The highest BCUT2D eigenvalue weighted by Gasteiger charge is 2.30. The van der Waals surface area contributed by atoms with E-state index in [2.05, 4.69) is 14.9 Å². The molecule has 0 bridgehead atoms. The zero-order valence-electron chi connectivity index (χ0n) is 6.59. The molecule has 0 saturated carbocycles. The van der Waals surface area contributed by atoms with Gasteiger partial charge < -0.3 is 14.6 Å². The molecule has 2 N–H and O–H groups in total. The van der Waals surface area contributed by atoms with Crippen LogP contribution in [-0.2, 0) is 10.4 Å². The van der Waals surface area contributed by atoms with Gasteiger partial charge in [-0.25, -0.2) is 13.2 Å². The van der Waals surface area contributed by atoms with Crippen LogP contribution in [0.3, 0.4) is 0 Å². The summed E-state index contributed by atoms with van der Waals surface area (Å²) in [6.07, 6.45) is 0. The quantitative estimate of drug-likeness (QED) is 0.429. The van der Waals surface area contributed by atoms with Gasteiger partial charge in [0.2, 0.25) is 0 Å². The first kappa shape index (κ1) is 11.2. The molecule has 1 aromatic carbocycles. The molecular formula is C7H4F3O3Si. The summed E-state index contributed by atoms with van der Waals surface area (Å²) in [4.78, 5) is 0. The first-order valence-electron chi connectivity index (χ1n) is 3.33. The fourth-order valence-electron chi connectivity index (χ4n) is 0.827. The maximum Gasteiger partial charge on any atom is 0.299 e. The fraction of sp³-hybridized carbons (Fsp3) is 0.143. The lowest BCUT2D eigenvalue weighted by Gasteiger charge is -2.20. The number of hydrogen-bond acceptors (Lipinski definition) is 3. The van der Waals surface area contributed by atoms with Crippen molar-refractivity contribution in [2.45, 2.75) is 5.97 Å². The van der Waals surface area contributed by atoms with Gasteiger partial charge in [-0.05, 0) is 6.07 Å². The third kappa shape index (κ3) is 1.95.